The Morgan fingerprint density at radius 3 is 3.05 bits per heavy atom. The summed E-state index contributed by atoms with van der Waals surface area (Å²) < 4.78 is 13.9. The third-order valence-corrected chi connectivity index (χ3v) is 3.77. The molecule has 1 fully saturated rings. The summed E-state index contributed by atoms with van der Waals surface area (Å²) in [6, 6.07) is 4.82. The number of hydrogen-bond acceptors (Lipinski definition) is 3. The highest BCUT2D eigenvalue weighted by atomic mass is 35.5. The molecule has 0 aromatic heterocycles. The topological polar surface area (TPSA) is 61.9 Å². The molecular formula is C13H17ClFN3O. The number of rotatable bonds is 3. The summed E-state index contributed by atoms with van der Waals surface area (Å²) in [5.74, 6) is -0.213. The van der Waals surface area contributed by atoms with Crippen molar-refractivity contribution < 1.29 is 9.60 Å². The monoisotopic (exact) mass is 285 g/mol. The molecule has 0 aliphatic carbocycles. The maximum absolute atomic E-state index is 13.9. The van der Waals surface area contributed by atoms with Crippen molar-refractivity contribution in [1.82, 2.24) is 4.90 Å². The summed E-state index contributed by atoms with van der Waals surface area (Å²) in [6.45, 7) is 1.21. The van der Waals surface area contributed by atoms with Crippen LogP contribution in [-0.4, -0.2) is 28.5 Å². The molecule has 3 N–H and O–H groups in total. The molecule has 1 heterocycles. The lowest BCUT2D eigenvalue weighted by molar-refractivity contribution is 0.176. The molecule has 1 aliphatic rings. The SMILES string of the molecule is N/C(=N/O)C1CCCCN1Cc1cccc(Cl)c1F. The molecule has 104 valence electrons. The summed E-state index contributed by atoms with van der Waals surface area (Å²) >= 11 is 5.78. The minimum atomic E-state index is -0.395. The third-order valence-electron chi connectivity index (χ3n) is 3.48. The molecule has 6 heteroatoms. The van der Waals surface area contributed by atoms with Gasteiger partial charge in [0.25, 0.3) is 0 Å². The van der Waals surface area contributed by atoms with Crippen molar-refractivity contribution in [3.8, 4) is 0 Å². The molecule has 0 bridgehead atoms. The first-order valence-corrected chi connectivity index (χ1v) is 6.65. The Hall–Kier alpha value is -1.33. The molecule has 0 amide bonds. The Kier molecular flexibility index (Phi) is 4.61. The zero-order chi connectivity index (χ0) is 13.8. The normalized spacial score (nSPS) is 21.6. The van der Waals surface area contributed by atoms with Gasteiger partial charge in [-0.1, -0.05) is 35.3 Å². The van der Waals surface area contributed by atoms with Gasteiger partial charge in [-0.05, 0) is 25.5 Å². The van der Waals surface area contributed by atoms with Crippen LogP contribution in [0, 0.1) is 5.82 Å². The maximum atomic E-state index is 13.9. The highest BCUT2D eigenvalue weighted by molar-refractivity contribution is 6.30. The lowest BCUT2D eigenvalue weighted by atomic mass is 10.0. The quantitative estimate of drug-likeness (QED) is 0.388. The molecule has 1 aromatic rings. The molecule has 0 spiro atoms. The van der Waals surface area contributed by atoms with Crippen LogP contribution in [0.2, 0.25) is 5.02 Å². The van der Waals surface area contributed by atoms with Crippen LogP contribution in [0.25, 0.3) is 0 Å². The van der Waals surface area contributed by atoms with E-state index in [0.29, 0.717) is 12.1 Å². The number of halogens is 2. The van der Waals surface area contributed by atoms with E-state index in [1.807, 2.05) is 4.90 Å². The Morgan fingerprint density at radius 2 is 2.32 bits per heavy atom. The lowest BCUT2D eigenvalue weighted by Crippen LogP contribution is -2.47. The Bertz CT molecular complexity index is 481. The van der Waals surface area contributed by atoms with Crippen LogP contribution in [0.15, 0.2) is 23.4 Å². The average Bonchev–Trinajstić information content (AvgIpc) is 2.43. The van der Waals surface area contributed by atoms with E-state index in [1.165, 1.54) is 6.07 Å². The third kappa shape index (κ3) is 3.16. The van der Waals surface area contributed by atoms with Gasteiger partial charge in [0.15, 0.2) is 5.84 Å². The fraction of sp³-hybridized carbons (Fsp3) is 0.462. The summed E-state index contributed by atoms with van der Waals surface area (Å²) in [4.78, 5) is 2.02. The van der Waals surface area contributed by atoms with Crippen LogP contribution in [0.3, 0.4) is 0 Å². The molecule has 4 nitrogen and oxygen atoms in total. The number of hydrogen-bond donors (Lipinski definition) is 2. The van der Waals surface area contributed by atoms with E-state index in [-0.39, 0.29) is 16.9 Å². The van der Waals surface area contributed by atoms with E-state index in [2.05, 4.69) is 5.16 Å². The summed E-state index contributed by atoms with van der Waals surface area (Å²) in [5.41, 5.74) is 6.23. The number of piperidine rings is 1. The van der Waals surface area contributed by atoms with Gasteiger partial charge in [-0.15, -0.1) is 0 Å². The number of nitrogens with zero attached hydrogens (tertiary/aromatic N) is 2. The van der Waals surface area contributed by atoms with Crippen molar-refractivity contribution in [2.45, 2.75) is 31.8 Å². The van der Waals surface area contributed by atoms with E-state index in [1.54, 1.807) is 12.1 Å². The second-order valence-electron chi connectivity index (χ2n) is 4.72. The minimum Gasteiger partial charge on any atom is -0.409 e. The van der Waals surface area contributed by atoms with E-state index in [0.717, 1.165) is 25.8 Å². The van der Waals surface area contributed by atoms with Crippen LogP contribution in [-0.2, 0) is 6.54 Å². The van der Waals surface area contributed by atoms with Gasteiger partial charge in [0, 0.05) is 12.1 Å². The van der Waals surface area contributed by atoms with Crippen LogP contribution >= 0.6 is 11.6 Å². The smallest absolute Gasteiger partial charge is 0.156 e. The highest BCUT2D eigenvalue weighted by Crippen LogP contribution is 2.23. The number of likely N-dealkylation sites (tertiary alicyclic amines) is 1. The summed E-state index contributed by atoms with van der Waals surface area (Å²) in [6.07, 6.45) is 2.87. The standard InChI is InChI=1S/C13H17ClFN3O/c14-10-5-3-4-9(12(10)15)8-18-7-2-1-6-11(18)13(16)17-19/h3-5,11,19H,1-2,6-8H2,(H2,16,17). The fourth-order valence-corrected chi connectivity index (χ4v) is 2.67. The van der Waals surface area contributed by atoms with Crippen LogP contribution < -0.4 is 5.73 Å². The molecule has 19 heavy (non-hydrogen) atoms. The Balaban J connectivity index is 2.18. The largest absolute Gasteiger partial charge is 0.409 e. The zero-order valence-corrected chi connectivity index (χ0v) is 11.3. The molecule has 2 rings (SSSR count). The van der Waals surface area contributed by atoms with Gasteiger partial charge in [0.2, 0.25) is 0 Å². The molecule has 0 radical (unpaired) electrons. The van der Waals surface area contributed by atoms with Gasteiger partial charge in [-0.25, -0.2) is 4.39 Å². The van der Waals surface area contributed by atoms with Gasteiger partial charge >= 0.3 is 0 Å². The van der Waals surface area contributed by atoms with Crippen molar-refractivity contribution in [3.05, 3.63) is 34.6 Å². The molecule has 1 aliphatic heterocycles. The fourth-order valence-electron chi connectivity index (χ4n) is 2.47. The Labute approximate surface area is 116 Å². The second-order valence-corrected chi connectivity index (χ2v) is 5.13. The molecule has 0 saturated carbocycles. The molecule has 1 aromatic carbocycles. The van der Waals surface area contributed by atoms with E-state index in [4.69, 9.17) is 22.5 Å². The van der Waals surface area contributed by atoms with E-state index >= 15 is 0 Å². The summed E-state index contributed by atoms with van der Waals surface area (Å²) in [7, 11) is 0. The van der Waals surface area contributed by atoms with Crippen molar-refractivity contribution in [2.24, 2.45) is 10.9 Å². The van der Waals surface area contributed by atoms with E-state index < -0.39 is 5.82 Å². The predicted octanol–water partition coefficient (Wildman–Crippen LogP) is 2.58. The first-order valence-electron chi connectivity index (χ1n) is 6.28. The van der Waals surface area contributed by atoms with Gasteiger partial charge in [-0.2, -0.15) is 0 Å². The van der Waals surface area contributed by atoms with Gasteiger partial charge in [0.05, 0.1) is 11.1 Å². The zero-order valence-electron chi connectivity index (χ0n) is 10.5. The van der Waals surface area contributed by atoms with Gasteiger partial charge in [-0.3, -0.25) is 4.90 Å². The van der Waals surface area contributed by atoms with Crippen molar-refractivity contribution in [3.63, 3.8) is 0 Å². The average molecular weight is 286 g/mol. The summed E-state index contributed by atoms with van der Waals surface area (Å²) in [5, 5.41) is 12.0. The van der Waals surface area contributed by atoms with E-state index in [9.17, 15) is 4.39 Å². The molecule has 1 saturated heterocycles. The lowest BCUT2D eigenvalue weighted by Gasteiger charge is -2.34. The highest BCUT2D eigenvalue weighted by Gasteiger charge is 2.26. The number of benzene rings is 1. The van der Waals surface area contributed by atoms with Crippen molar-refractivity contribution in [2.75, 3.05) is 6.54 Å². The molecular weight excluding hydrogens is 269 g/mol. The second kappa shape index (κ2) is 6.21. The van der Waals surface area contributed by atoms with Crippen LogP contribution in [0.4, 0.5) is 4.39 Å². The van der Waals surface area contributed by atoms with Gasteiger partial charge in [0.1, 0.15) is 5.82 Å². The van der Waals surface area contributed by atoms with Gasteiger partial charge < -0.3 is 10.9 Å². The number of nitrogens with two attached hydrogens (primary N) is 1. The predicted molar refractivity (Wildman–Crippen MR) is 72.9 cm³/mol. The maximum Gasteiger partial charge on any atom is 0.156 e. The Morgan fingerprint density at radius 1 is 1.53 bits per heavy atom. The van der Waals surface area contributed by atoms with Crippen molar-refractivity contribution >= 4 is 17.4 Å². The van der Waals surface area contributed by atoms with Crippen molar-refractivity contribution in [1.29, 1.82) is 0 Å². The molecule has 1 unspecified atom stereocenters. The first-order chi connectivity index (χ1) is 9.13. The first kappa shape index (κ1) is 14.1. The number of oxime groups is 1. The van der Waals surface area contributed by atoms with Crippen LogP contribution in [0.5, 0.6) is 0 Å². The number of amidine groups is 1. The minimum absolute atomic E-state index is 0.120. The van der Waals surface area contributed by atoms with Crippen LogP contribution in [0.1, 0.15) is 24.8 Å². The molecule has 1 atom stereocenters.